The molecule has 1 aromatic heterocycles. The second kappa shape index (κ2) is 5.18. The van der Waals surface area contributed by atoms with Crippen LogP contribution in [0.15, 0.2) is 22.1 Å². The Morgan fingerprint density at radius 1 is 1.80 bits per heavy atom. The Hall–Kier alpha value is -1.01. The third-order valence-corrected chi connectivity index (χ3v) is 3.12. The summed E-state index contributed by atoms with van der Waals surface area (Å²) in [7, 11) is 1.64. The molecular weight excluding hydrogens is 216 g/mol. The Morgan fingerprint density at radius 2 is 2.53 bits per heavy atom. The number of oxazole rings is 1. The molecule has 1 aromatic rings. The zero-order valence-electron chi connectivity index (χ0n) is 8.69. The van der Waals surface area contributed by atoms with Crippen LogP contribution in [-0.4, -0.2) is 34.4 Å². The highest BCUT2D eigenvalue weighted by molar-refractivity contribution is 7.99. The lowest BCUT2D eigenvalue weighted by Crippen LogP contribution is -2.47. The van der Waals surface area contributed by atoms with Crippen molar-refractivity contribution in [1.82, 2.24) is 10.3 Å². The number of nitrogens with one attached hydrogen (secondary N) is 1. The minimum Gasteiger partial charge on any atom is -0.480 e. The molecule has 0 radical (unpaired) electrons. The molecule has 0 aliphatic heterocycles. The number of hydrogen-bond donors (Lipinski definition) is 2. The maximum atomic E-state index is 10.9. The van der Waals surface area contributed by atoms with Crippen molar-refractivity contribution in [3.05, 3.63) is 12.5 Å². The first-order valence-corrected chi connectivity index (χ1v) is 5.51. The van der Waals surface area contributed by atoms with E-state index in [0.29, 0.717) is 17.4 Å². The van der Waals surface area contributed by atoms with Crippen molar-refractivity contribution in [2.45, 2.75) is 24.1 Å². The molecule has 6 heteroatoms. The van der Waals surface area contributed by atoms with E-state index in [0.717, 1.165) is 0 Å². The van der Waals surface area contributed by atoms with Gasteiger partial charge in [0.05, 0.1) is 6.20 Å². The molecule has 0 saturated carbocycles. The number of hydrogen-bond acceptors (Lipinski definition) is 5. The summed E-state index contributed by atoms with van der Waals surface area (Å²) in [6.45, 7) is 1.66. The molecule has 0 aliphatic rings. The van der Waals surface area contributed by atoms with Crippen LogP contribution in [0.4, 0.5) is 0 Å². The maximum Gasteiger partial charge on any atom is 0.323 e. The number of carbonyl (C=O) groups is 1. The van der Waals surface area contributed by atoms with Gasteiger partial charge >= 0.3 is 5.97 Å². The van der Waals surface area contributed by atoms with Gasteiger partial charge in [0.1, 0.15) is 11.8 Å². The SMILES string of the molecule is CNC(C)(CCSc1ncco1)C(=O)O. The first-order valence-electron chi connectivity index (χ1n) is 4.53. The van der Waals surface area contributed by atoms with Gasteiger partial charge in [-0.25, -0.2) is 4.98 Å². The predicted molar refractivity (Wildman–Crippen MR) is 56.9 cm³/mol. The minimum atomic E-state index is -0.889. The van der Waals surface area contributed by atoms with E-state index in [1.807, 2.05) is 0 Å². The molecule has 2 N–H and O–H groups in total. The summed E-state index contributed by atoms with van der Waals surface area (Å²) in [5, 5.41) is 12.3. The van der Waals surface area contributed by atoms with Crippen LogP contribution in [0, 0.1) is 0 Å². The van der Waals surface area contributed by atoms with Crippen molar-refractivity contribution < 1.29 is 14.3 Å². The van der Waals surface area contributed by atoms with Gasteiger partial charge in [-0.2, -0.15) is 0 Å². The Balaban J connectivity index is 2.38. The molecular formula is C9H14N2O3S. The van der Waals surface area contributed by atoms with Gasteiger partial charge in [0, 0.05) is 5.75 Å². The first-order chi connectivity index (χ1) is 7.08. The van der Waals surface area contributed by atoms with Crippen molar-refractivity contribution in [1.29, 1.82) is 0 Å². The summed E-state index contributed by atoms with van der Waals surface area (Å²) in [6.07, 6.45) is 3.57. The molecule has 5 nitrogen and oxygen atoms in total. The smallest absolute Gasteiger partial charge is 0.323 e. The average molecular weight is 230 g/mol. The van der Waals surface area contributed by atoms with Crippen LogP contribution < -0.4 is 5.32 Å². The molecule has 0 aromatic carbocycles. The summed E-state index contributed by atoms with van der Waals surface area (Å²) in [6, 6.07) is 0. The summed E-state index contributed by atoms with van der Waals surface area (Å²) in [5.74, 6) is -0.206. The fourth-order valence-corrected chi connectivity index (χ4v) is 1.91. The second-order valence-electron chi connectivity index (χ2n) is 3.28. The van der Waals surface area contributed by atoms with Crippen LogP contribution in [0.2, 0.25) is 0 Å². The van der Waals surface area contributed by atoms with Gasteiger partial charge in [-0.05, 0) is 20.4 Å². The monoisotopic (exact) mass is 230 g/mol. The third-order valence-electron chi connectivity index (χ3n) is 2.26. The van der Waals surface area contributed by atoms with E-state index in [2.05, 4.69) is 10.3 Å². The topological polar surface area (TPSA) is 75.4 Å². The van der Waals surface area contributed by atoms with Gasteiger partial charge in [0.15, 0.2) is 0 Å². The molecule has 15 heavy (non-hydrogen) atoms. The van der Waals surface area contributed by atoms with Gasteiger partial charge in [0.2, 0.25) is 0 Å². The number of carboxylic acids is 1. The minimum absolute atomic E-state index is 0.506. The average Bonchev–Trinajstić information content (AvgIpc) is 2.70. The number of rotatable bonds is 6. The molecule has 0 spiro atoms. The number of nitrogens with zero attached hydrogens (tertiary/aromatic N) is 1. The molecule has 84 valence electrons. The fraction of sp³-hybridized carbons (Fsp3) is 0.556. The van der Waals surface area contributed by atoms with E-state index in [9.17, 15) is 4.79 Å². The largest absolute Gasteiger partial charge is 0.480 e. The lowest BCUT2D eigenvalue weighted by atomic mass is 10.00. The summed E-state index contributed by atoms with van der Waals surface area (Å²) in [5.41, 5.74) is -0.889. The molecule has 1 unspecified atom stereocenters. The zero-order chi connectivity index (χ0) is 11.3. The van der Waals surface area contributed by atoms with Gasteiger partial charge < -0.3 is 14.8 Å². The number of likely N-dealkylation sites (N-methyl/N-ethyl adjacent to an activating group) is 1. The molecule has 1 atom stereocenters. The molecule has 1 rings (SSSR count). The Kier molecular flexibility index (Phi) is 4.16. The van der Waals surface area contributed by atoms with Crippen molar-refractivity contribution >= 4 is 17.7 Å². The van der Waals surface area contributed by atoms with Crippen LogP contribution >= 0.6 is 11.8 Å². The Bertz CT molecular complexity index is 315. The van der Waals surface area contributed by atoms with Gasteiger partial charge in [-0.15, -0.1) is 0 Å². The standard InChI is InChI=1S/C9H14N2O3S/c1-9(10-2,7(12)13)3-6-15-8-11-4-5-14-8/h4-5,10H,3,6H2,1-2H3,(H,12,13). The van der Waals surface area contributed by atoms with Gasteiger partial charge in [-0.1, -0.05) is 11.8 Å². The van der Waals surface area contributed by atoms with E-state index in [1.165, 1.54) is 18.0 Å². The van der Waals surface area contributed by atoms with Crippen LogP contribution in [0.3, 0.4) is 0 Å². The van der Waals surface area contributed by atoms with Crippen LogP contribution in [0.5, 0.6) is 0 Å². The number of aliphatic carboxylic acids is 1. The Labute approximate surface area is 92.3 Å². The van der Waals surface area contributed by atoms with Gasteiger partial charge in [0.25, 0.3) is 5.22 Å². The molecule has 0 aliphatic carbocycles. The normalized spacial score (nSPS) is 14.8. The quantitative estimate of drug-likeness (QED) is 0.716. The summed E-state index contributed by atoms with van der Waals surface area (Å²) in [4.78, 5) is 14.9. The summed E-state index contributed by atoms with van der Waals surface area (Å²) >= 11 is 1.41. The van der Waals surface area contributed by atoms with E-state index in [4.69, 9.17) is 9.52 Å². The zero-order valence-corrected chi connectivity index (χ0v) is 9.50. The van der Waals surface area contributed by atoms with E-state index >= 15 is 0 Å². The second-order valence-corrected chi connectivity index (χ2v) is 4.33. The highest BCUT2D eigenvalue weighted by Crippen LogP contribution is 2.20. The lowest BCUT2D eigenvalue weighted by molar-refractivity contribution is -0.144. The summed E-state index contributed by atoms with van der Waals surface area (Å²) < 4.78 is 5.03. The highest BCUT2D eigenvalue weighted by Gasteiger charge is 2.30. The van der Waals surface area contributed by atoms with Crippen molar-refractivity contribution in [2.24, 2.45) is 0 Å². The predicted octanol–water partition coefficient (Wildman–Crippen LogP) is 1.22. The number of thioether (sulfide) groups is 1. The van der Waals surface area contributed by atoms with Crippen molar-refractivity contribution in [3.8, 4) is 0 Å². The first kappa shape index (κ1) is 12.1. The number of aromatic nitrogens is 1. The van der Waals surface area contributed by atoms with Gasteiger partial charge in [-0.3, -0.25) is 4.79 Å². The third kappa shape index (κ3) is 3.24. The van der Waals surface area contributed by atoms with E-state index in [1.54, 1.807) is 20.2 Å². The molecule has 1 heterocycles. The lowest BCUT2D eigenvalue weighted by Gasteiger charge is -2.23. The molecule has 0 amide bonds. The maximum absolute atomic E-state index is 10.9. The van der Waals surface area contributed by atoms with Crippen molar-refractivity contribution in [2.75, 3.05) is 12.8 Å². The van der Waals surface area contributed by atoms with Crippen LogP contribution in [0.25, 0.3) is 0 Å². The van der Waals surface area contributed by atoms with Crippen LogP contribution in [-0.2, 0) is 4.79 Å². The fourth-order valence-electron chi connectivity index (χ4n) is 0.963. The molecule has 0 saturated heterocycles. The van der Waals surface area contributed by atoms with Crippen molar-refractivity contribution in [3.63, 3.8) is 0 Å². The number of carboxylic acid groups (broad SMARTS) is 1. The van der Waals surface area contributed by atoms with E-state index in [-0.39, 0.29) is 0 Å². The molecule has 0 fully saturated rings. The van der Waals surface area contributed by atoms with Crippen LogP contribution in [0.1, 0.15) is 13.3 Å². The van der Waals surface area contributed by atoms with E-state index < -0.39 is 11.5 Å². The molecule has 0 bridgehead atoms. The Morgan fingerprint density at radius 3 is 3.00 bits per heavy atom. The highest BCUT2D eigenvalue weighted by atomic mass is 32.2.